The van der Waals surface area contributed by atoms with Gasteiger partial charge in [-0.3, -0.25) is 9.59 Å². The van der Waals surface area contributed by atoms with Gasteiger partial charge in [-0.15, -0.1) is 22.9 Å². The molecule has 2 N–H and O–H groups in total. The molecule has 5 rings (SSSR count). The molecule has 0 spiro atoms. The number of methoxy groups -OCH3 is 1. The van der Waals surface area contributed by atoms with E-state index in [1.54, 1.807) is 24.3 Å². The lowest BCUT2D eigenvalue weighted by molar-refractivity contribution is 0.0600. The van der Waals surface area contributed by atoms with E-state index < -0.39 is 0 Å². The molecule has 1 aliphatic rings. The molecule has 0 atom stereocenters. The van der Waals surface area contributed by atoms with Crippen molar-refractivity contribution in [1.29, 1.82) is 0 Å². The van der Waals surface area contributed by atoms with Gasteiger partial charge in [0.15, 0.2) is 0 Å². The summed E-state index contributed by atoms with van der Waals surface area (Å²) in [4.78, 5) is 39.5. The number of esters is 1. The van der Waals surface area contributed by atoms with Gasteiger partial charge in [-0.05, 0) is 97.2 Å². The summed E-state index contributed by atoms with van der Waals surface area (Å²) in [6, 6.07) is 22.5. The third kappa shape index (κ3) is 6.87. The maximum absolute atomic E-state index is 13.6. The van der Waals surface area contributed by atoms with Crippen molar-refractivity contribution in [3.05, 3.63) is 117 Å². The zero-order chi connectivity index (χ0) is 28.8. The molecule has 0 bridgehead atoms. The molecule has 4 aromatic rings. The van der Waals surface area contributed by atoms with Gasteiger partial charge < -0.3 is 15.4 Å². The summed E-state index contributed by atoms with van der Waals surface area (Å²) in [6.07, 6.45) is 5.49. The normalized spacial score (nSPS) is 12.3. The minimum absolute atomic E-state index is 0.215. The first kappa shape index (κ1) is 28.6. The molecule has 0 aliphatic heterocycles. The molecule has 1 aromatic heterocycles. The van der Waals surface area contributed by atoms with Crippen LogP contribution in [0.5, 0.6) is 0 Å². The van der Waals surface area contributed by atoms with E-state index in [1.165, 1.54) is 23.3 Å². The highest BCUT2D eigenvalue weighted by Crippen LogP contribution is 2.39. The van der Waals surface area contributed by atoms with Crippen LogP contribution in [0.25, 0.3) is 0 Å². The topological polar surface area (TPSA) is 84.5 Å². The lowest BCUT2D eigenvalue weighted by Gasteiger charge is -2.14. The number of hydrogen-bond donors (Lipinski definition) is 2. The highest BCUT2D eigenvalue weighted by atomic mass is 35.5. The maximum Gasteiger partial charge on any atom is 0.337 e. The van der Waals surface area contributed by atoms with E-state index in [4.69, 9.17) is 16.3 Å². The average molecular weight is 587 g/mol. The number of anilines is 2. The number of thiophene rings is 1. The van der Waals surface area contributed by atoms with E-state index in [-0.39, 0.29) is 17.8 Å². The molecule has 0 fully saturated rings. The maximum atomic E-state index is 13.6. The highest BCUT2D eigenvalue weighted by Gasteiger charge is 2.27. The van der Waals surface area contributed by atoms with E-state index in [2.05, 4.69) is 10.6 Å². The average Bonchev–Trinajstić information content (AvgIpc) is 3.38. The fraction of sp³-hybridized carbons (Fsp3) is 0.242. The van der Waals surface area contributed by atoms with Crippen molar-refractivity contribution in [3.8, 4) is 0 Å². The molecule has 3 aromatic carbocycles. The predicted molar refractivity (Wildman–Crippen MR) is 164 cm³/mol. The third-order valence-corrected chi connectivity index (χ3v) is 8.77. The minimum atomic E-state index is -0.344. The Morgan fingerprint density at radius 3 is 2.17 bits per heavy atom. The molecule has 210 valence electrons. The number of carbonyl (C=O) groups excluding carboxylic acids is 3. The number of rotatable bonds is 9. The van der Waals surface area contributed by atoms with Crippen molar-refractivity contribution in [2.24, 2.45) is 0 Å². The number of fused-ring (bicyclic) bond motifs is 1. The van der Waals surface area contributed by atoms with E-state index in [0.29, 0.717) is 33.3 Å². The van der Waals surface area contributed by atoms with Crippen LogP contribution in [-0.2, 0) is 36.3 Å². The highest BCUT2D eigenvalue weighted by molar-refractivity contribution is 7.17. The molecule has 0 radical (unpaired) electrons. The Labute approximate surface area is 248 Å². The Morgan fingerprint density at radius 2 is 1.49 bits per heavy atom. The number of amides is 2. The molecular weight excluding hydrogens is 556 g/mol. The van der Waals surface area contributed by atoms with Gasteiger partial charge >= 0.3 is 5.97 Å². The van der Waals surface area contributed by atoms with Gasteiger partial charge in [-0.25, -0.2) is 4.79 Å². The largest absolute Gasteiger partial charge is 0.465 e. The second-order valence-electron chi connectivity index (χ2n) is 10.0. The van der Waals surface area contributed by atoms with Crippen molar-refractivity contribution in [1.82, 2.24) is 0 Å². The summed E-state index contributed by atoms with van der Waals surface area (Å²) in [5.74, 6) is -0.490. The number of benzene rings is 3. The summed E-state index contributed by atoms with van der Waals surface area (Å²) in [7, 11) is 1.37. The number of aryl methyl sites for hydroxylation is 3. The Bertz CT molecular complexity index is 1560. The monoisotopic (exact) mass is 586 g/mol. The molecule has 6 nitrogen and oxygen atoms in total. The lowest BCUT2D eigenvalue weighted by Crippen LogP contribution is -2.18. The van der Waals surface area contributed by atoms with E-state index in [0.717, 1.165) is 60.8 Å². The van der Waals surface area contributed by atoms with Crippen LogP contribution in [0.15, 0.2) is 72.8 Å². The van der Waals surface area contributed by atoms with Crippen LogP contribution < -0.4 is 10.6 Å². The SMILES string of the molecule is COC(=O)c1ccc(CCc2ccc(NC(=O)c3c(NC(=O)c4cccc(CCl)c4)sc4c3CCCC4)cc2)cc1. The van der Waals surface area contributed by atoms with Crippen molar-refractivity contribution in [2.45, 2.75) is 44.4 Å². The number of hydrogen-bond acceptors (Lipinski definition) is 5. The lowest BCUT2D eigenvalue weighted by atomic mass is 9.95. The molecule has 0 saturated heterocycles. The number of carbonyl (C=O) groups is 3. The van der Waals surface area contributed by atoms with Gasteiger partial charge in [0.1, 0.15) is 5.00 Å². The molecule has 0 unspecified atom stereocenters. The first-order valence-electron chi connectivity index (χ1n) is 13.6. The van der Waals surface area contributed by atoms with Crippen molar-refractivity contribution < 1.29 is 19.1 Å². The standard InChI is InChI=1S/C33H31ClN2O4S/c1-40-33(39)24-15-11-21(12-16-24)9-10-22-13-17-26(18-14-22)35-31(38)29-27-7-2-3-8-28(27)41-32(29)36-30(37)25-6-4-5-23(19-25)20-34/h4-6,11-19H,2-3,7-10,20H2,1H3,(H,35,38)(H,36,37). The number of nitrogens with one attached hydrogen (secondary N) is 2. The first-order valence-corrected chi connectivity index (χ1v) is 15.0. The Balaban J connectivity index is 1.27. The molecule has 1 aliphatic carbocycles. The Kier molecular flexibility index (Phi) is 9.17. The van der Waals surface area contributed by atoms with Crippen LogP contribution in [0.2, 0.25) is 0 Å². The van der Waals surface area contributed by atoms with Gasteiger partial charge in [-0.1, -0.05) is 36.4 Å². The van der Waals surface area contributed by atoms with Crippen LogP contribution in [0.1, 0.15) is 71.0 Å². The van der Waals surface area contributed by atoms with E-state index in [1.807, 2.05) is 48.5 Å². The van der Waals surface area contributed by atoms with Crippen LogP contribution in [-0.4, -0.2) is 24.9 Å². The second kappa shape index (κ2) is 13.1. The zero-order valence-corrected chi connectivity index (χ0v) is 24.4. The predicted octanol–water partition coefficient (Wildman–Crippen LogP) is 7.44. The minimum Gasteiger partial charge on any atom is -0.465 e. The van der Waals surface area contributed by atoms with Crippen LogP contribution in [0, 0.1) is 0 Å². The molecule has 2 amide bonds. The number of alkyl halides is 1. The van der Waals surface area contributed by atoms with Crippen molar-refractivity contribution >= 4 is 51.4 Å². The molecule has 0 saturated carbocycles. The van der Waals surface area contributed by atoms with Gasteiger partial charge in [0.25, 0.3) is 11.8 Å². The molecular formula is C33H31ClN2O4S. The molecule has 1 heterocycles. The summed E-state index contributed by atoms with van der Waals surface area (Å²) < 4.78 is 4.75. The van der Waals surface area contributed by atoms with Gasteiger partial charge in [-0.2, -0.15) is 0 Å². The van der Waals surface area contributed by atoms with Crippen LogP contribution in [0.4, 0.5) is 10.7 Å². The number of ether oxygens (including phenoxy) is 1. The first-order chi connectivity index (χ1) is 19.9. The van der Waals surface area contributed by atoms with Crippen LogP contribution >= 0.6 is 22.9 Å². The second-order valence-corrected chi connectivity index (χ2v) is 11.4. The fourth-order valence-corrected chi connectivity index (χ4v) is 6.48. The quantitative estimate of drug-likeness (QED) is 0.158. The van der Waals surface area contributed by atoms with Crippen LogP contribution in [0.3, 0.4) is 0 Å². The Morgan fingerprint density at radius 1 is 0.805 bits per heavy atom. The van der Waals surface area contributed by atoms with E-state index >= 15 is 0 Å². The molecule has 8 heteroatoms. The molecule has 41 heavy (non-hydrogen) atoms. The smallest absolute Gasteiger partial charge is 0.337 e. The van der Waals surface area contributed by atoms with Gasteiger partial charge in [0.2, 0.25) is 0 Å². The summed E-state index contributed by atoms with van der Waals surface area (Å²) in [5, 5.41) is 6.64. The summed E-state index contributed by atoms with van der Waals surface area (Å²) in [6.45, 7) is 0. The van der Waals surface area contributed by atoms with Gasteiger partial charge in [0.05, 0.1) is 18.2 Å². The number of halogens is 1. The fourth-order valence-electron chi connectivity index (χ4n) is 5.03. The summed E-state index contributed by atoms with van der Waals surface area (Å²) in [5.41, 5.74) is 6.47. The van der Waals surface area contributed by atoms with Crippen molar-refractivity contribution in [3.63, 3.8) is 0 Å². The third-order valence-electron chi connectivity index (χ3n) is 7.26. The Hall–Kier alpha value is -3.94. The van der Waals surface area contributed by atoms with E-state index in [9.17, 15) is 14.4 Å². The van der Waals surface area contributed by atoms with Crippen molar-refractivity contribution in [2.75, 3.05) is 17.7 Å². The van der Waals surface area contributed by atoms with Gasteiger partial charge in [0, 0.05) is 22.0 Å². The summed E-state index contributed by atoms with van der Waals surface area (Å²) >= 11 is 7.45. The zero-order valence-electron chi connectivity index (χ0n) is 22.8.